The van der Waals surface area contributed by atoms with Crippen molar-refractivity contribution >= 4 is 54.6 Å². The fourth-order valence-electron chi connectivity index (χ4n) is 10.6. The average molecular weight is 999 g/mol. The molecule has 8 nitrogen and oxygen atoms in total. The number of nitrogens with zero attached hydrogens (tertiary/aromatic N) is 6. The fourth-order valence-corrected chi connectivity index (χ4v) is 10.6. The molecular weight excluding hydrogens is 957 g/mol. The Morgan fingerprint density at radius 1 is 0.192 bits per heavy atom. The van der Waals surface area contributed by atoms with Crippen LogP contribution < -0.4 is 0 Å². The number of para-hydroxylation sites is 1. The van der Waals surface area contributed by atoms with E-state index >= 15 is 0 Å². The number of hydrogen-bond donors (Lipinski definition) is 0. The molecule has 0 amide bonds. The molecule has 0 spiro atoms. The van der Waals surface area contributed by atoms with Gasteiger partial charge in [0.05, 0.1) is 0 Å². The summed E-state index contributed by atoms with van der Waals surface area (Å²) < 4.78 is 12.8. The van der Waals surface area contributed by atoms with E-state index in [-0.39, 0.29) is 0 Å². The summed E-state index contributed by atoms with van der Waals surface area (Å²) in [5.74, 6) is 3.55. The van der Waals surface area contributed by atoms with Crippen molar-refractivity contribution in [3.8, 4) is 102 Å². The van der Waals surface area contributed by atoms with Gasteiger partial charge in [-0.2, -0.15) is 0 Å². The van der Waals surface area contributed by atoms with Crippen molar-refractivity contribution in [2.75, 3.05) is 0 Å². The molecule has 15 aromatic rings. The number of hydrogen-bond acceptors (Lipinski definition) is 8. The van der Waals surface area contributed by atoms with E-state index in [1.165, 1.54) is 16.3 Å². The Hall–Kier alpha value is -10.7. The van der Waals surface area contributed by atoms with Crippen molar-refractivity contribution in [1.82, 2.24) is 29.9 Å². The molecule has 0 aliphatic heterocycles. The Labute approximate surface area is 447 Å². The lowest BCUT2D eigenvalue weighted by Gasteiger charge is -2.10. The van der Waals surface area contributed by atoms with Crippen LogP contribution in [0.5, 0.6) is 0 Å². The van der Waals surface area contributed by atoms with Crippen LogP contribution in [0.2, 0.25) is 0 Å². The first-order valence-electron chi connectivity index (χ1n) is 25.9. The predicted octanol–water partition coefficient (Wildman–Crippen LogP) is 18.0. The summed E-state index contributed by atoms with van der Waals surface area (Å²) >= 11 is 0. The van der Waals surface area contributed by atoms with Gasteiger partial charge in [-0.1, -0.05) is 212 Å². The first-order chi connectivity index (χ1) is 38.6. The van der Waals surface area contributed by atoms with Gasteiger partial charge in [0.15, 0.2) is 34.9 Å². The summed E-state index contributed by atoms with van der Waals surface area (Å²) in [5, 5.41) is 6.62. The van der Waals surface area contributed by atoms with Gasteiger partial charge >= 0.3 is 0 Å². The maximum atomic E-state index is 6.54. The molecule has 0 aliphatic rings. The Morgan fingerprint density at radius 3 is 1.10 bits per heavy atom. The second-order valence-electron chi connectivity index (χ2n) is 19.4. The smallest absolute Gasteiger partial charge is 0.164 e. The highest BCUT2D eigenvalue weighted by atomic mass is 16.3. The highest BCUT2D eigenvalue weighted by Gasteiger charge is 2.18. The van der Waals surface area contributed by atoms with Crippen LogP contribution in [0.4, 0.5) is 0 Å². The monoisotopic (exact) mass is 998 g/mol. The quantitative estimate of drug-likeness (QED) is 0.141. The van der Waals surface area contributed by atoms with Gasteiger partial charge in [-0.3, -0.25) is 0 Å². The SMILES string of the molecule is c1ccc(-c2nc(-c3ccc(-c4ccc(-c5ccc6oc7cc(-c8nc(-c9ccccc9)nc(-c9ccc(-c%10cccc%11ccccc%10%11)cc9)n8)ccc7c6c5)cc4)cc3)nc(-c3ccc4c(c3)oc3ccccc34)n2)cc1. The molecule has 0 saturated carbocycles. The normalized spacial score (nSPS) is 11.6. The third-order valence-electron chi connectivity index (χ3n) is 14.6. The lowest BCUT2D eigenvalue weighted by molar-refractivity contribution is 0.668. The minimum absolute atomic E-state index is 0.570. The third-order valence-corrected chi connectivity index (χ3v) is 14.6. The van der Waals surface area contributed by atoms with E-state index < -0.39 is 0 Å². The van der Waals surface area contributed by atoms with E-state index in [1.54, 1.807) is 0 Å². The van der Waals surface area contributed by atoms with E-state index in [4.69, 9.17) is 38.7 Å². The Kier molecular flexibility index (Phi) is 10.7. The Balaban J connectivity index is 0.708. The van der Waals surface area contributed by atoms with E-state index in [2.05, 4.69) is 164 Å². The molecule has 0 radical (unpaired) electrons. The molecule has 8 heteroatoms. The maximum absolute atomic E-state index is 6.54. The zero-order valence-corrected chi connectivity index (χ0v) is 41.7. The molecule has 11 aromatic carbocycles. The van der Waals surface area contributed by atoms with Crippen LogP contribution in [0.15, 0.2) is 264 Å². The lowest BCUT2D eigenvalue weighted by Crippen LogP contribution is -2.00. The Morgan fingerprint density at radius 2 is 0.551 bits per heavy atom. The van der Waals surface area contributed by atoms with Crippen molar-refractivity contribution in [3.63, 3.8) is 0 Å². The zero-order valence-electron chi connectivity index (χ0n) is 41.7. The van der Waals surface area contributed by atoms with E-state index in [0.717, 1.165) is 105 Å². The summed E-state index contributed by atoms with van der Waals surface area (Å²) in [6.45, 7) is 0. The summed E-state index contributed by atoms with van der Waals surface area (Å²) in [4.78, 5) is 30.1. The van der Waals surface area contributed by atoms with Crippen molar-refractivity contribution in [1.29, 1.82) is 0 Å². The van der Waals surface area contributed by atoms with Gasteiger partial charge in [0.25, 0.3) is 0 Å². The average Bonchev–Trinajstić information content (AvgIpc) is 4.19. The Bertz CT molecular complexity index is 4760. The number of rotatable bonds is 9. The summed E-state index contributed by atoms with van der Waals surface area (Å²) in [5.41, 5.74) is 15.2. The molecule has 15 rings (SSSR count). The van der Waals surface area contributed by atoms with Gasteiger partial charge in [0.1, 0.15) is 22.3 Å². The molecule has 0 saturated heterocycles. The maximum Gasteiger partial charge on any atom is 0.164 e. The van der Waals surface area contributed by atoms with E-state index in [1.807, 2.05) is 91.0 Å². The van der Waals surface area contributed by atoms with Crippen LogP contribution in [0, 0.1) is 0 Å². The van der Waals surface area contributed by atoms with Gasteiger partial charge in [0.2, 0.25) is 0 Å². The molecule has 78 heavy (non-hydrogen) atoms. The molecule has 0 unspecified atom stereocenters. The fraction of sp³-hybridized carbons (Fsp3) is 0. The van der Waals surface area contributed by atoms with Crippen molar-refractivity contribution in [3.05, 3.63) is 255 Å². The van der Waals surface area contributed by atoms with Gasteiger partial charge in [0, 0.05) is 54.9 Å². The van der Waals surface area contributed by atoms with Crippen LogP contribution in [0.3, 0.4) is 0 Å². The van der Waals surface area contributed by atoms with Crippen LogP contribution in [-0.2, 0) is 0 Å². The highest BCUT2D eigenvalue weighted by Crippen LogP contribution is 2.38. The van der Waals surface area contributed by atoms with Crippen LogP contribution >= 0.6 is 0 Å². The second kappa shape index (κ2) is 18.6. The van der Waals surface area contributed by atoms with Crippen molar-refractivity contribution in [2.24, 2.45) is 0 Å². The molecule has 4 heterocycles. The topological polar surface area (TPSA) is 104 Å². The summed E-state index contributed by atoms with van der Waals surface area (Å²) in [7, 11) is 0. The third kappa shape index (κ3) is 8.12. The molecular formula is C70H42N6O2. The van der Waals surface area contributed by atoms with Crippen LogP contribution in [-0.4, -0.2) is 29.9 Å². The molecule has 364 valence electrons. The highest BCUT2D eigenvalue weighted by molar-refractivity contribution is 6.08. The van der Waals surface area contributed by atoms with Gasteiger partial charge < -0.3 is 8.83 Å². The number of furan rings is 2. The molecule has 0 aliphatic carbocycles. The van der Waals surface area contributed by atoms with Gasteiger partial charge in [-0.15, -0.1) is 0 Å². The summed E-state index contributed by atoms with van der Waals surface area (Å²) in [6.07, 6.45) is 0. The first-order valence-corrected chi connectivity index (χ1v) is 25.9. The standard InChI is InChI=1S/C70H42N6O2/c1-3-13-48(14-4-1)65-71-67(75-69(73-65)53-34-37-58-57-19-9-10-21-61(57)77-63(58)41-53)50-30-26-44(27-31-50)43-22-24-45(25-23-43)52-36-39-62-60(40-52)59-38-35-54(42-64(59)78-62)70-74-66(49-15-5-2-6-16-49)72-68(76-70)51-32-28-47(29-33-51)56-20-11-17-46-12-7-8-18-55(46)56/h1-42H. The molecule has 0 N–H and O–H groups in total. The first kappa shape index (κ1) is 44.8. The van der Waals surface area contributed by atoms with E-state index in [0.29, 0.717) is 34.9 Å². The van der Waals surface area contributed by atoms with Crippen molar-refractivity contribution < 1.29 is 8.83 Å². The van der Waals surface area contributed by atoms with Crippen molar-refractivity contribution in [2.45, 2.75) is 0 Å². The van der Waals surface area contributed by atoms with Gasteiger partial charge in [-0.05, 0) is 86.6 Å². The van der Waals surface area contributed by atoms with Gasteiger partial charge in [-0.25, -0.2) is 29.9 Å². The molecule has 0 bridgehead atoms. The van der Waals surface area contributed by atoms with E-state index in [9.17, 15) is 0 Å². The summed E-state index contributed by atoms with van der Waals surface area (Å²) in [6, 6.07) is 87.4. The lowest BCUT2D eigenvalue weighted by atomic mass is 9.97. The minimum Gasteiger partial charge on any atom is -0.456 e. The molecule has 0 fully saturated rings. The minimum atomic E-state index is 0.570. The number of aromatic nitrogens is 6. The van der Waals surface area contributed by atoms with Crippen LogP contribution in [0.1, 0.15) is 0 Å². The zero-order chi connectivity index (χ0) is 51.5. The molecule has 4 aromatic heterocycles. The molecule has 0 atom stereocenters. The second-order valence-corrected chi connectivity index (χ2v) is 19.4. The predicted molar refractivity (Wildman–Crippen MR) is 314 cm³/mol. The van der Waals surface area contributed by atoms with Crippen LogP contribution in [0.25, 0.3) is 156 Å². The number of benzene rings is 11. The largest absolute Gasteiger partial charge is 0.456 e. The number of fused-ring (bicyclic) bond motifs is 7.